The zero-order valence-electron chi connectivity index (χ0n) is 12.5. The van der Waals surface area contributed by atoms with Crippen molar-refractivity contribution in [1.82, 2.24) is 0 Å². The van der Waals surface area contributed by atoms with Gasteiger partial charge in [-0.3, -0.25) is 0 Å². The largest absolute Gasteiger partial charge is 0.303 e. The predicted octanol–water partition coefficient (Wildman–Crippen LogP) is 5.06. The summed E-state index contributed by atoms with van der Waals surface area (Å²) in [5.41, 5.74) is 3.34. The molecular weight excluding hydrogens is 232 g/mol. The number of carbonyl (C=O) groups excluding carboxylic acids is 1. The molecule has 2 atom stereocenters. The van der Waals surface area contributed by atoms with Crippen molar-refractivity contribution in [3.63, 3.8) is 0 Å². The maximum atomic E-state index is 10.8. The topological polar surface area (TPSA) is 17.1 Å². The Kier molecular flexibility index (Phi) is 4.44. The molecule has 1 fully saturated rings. The maximum Gasteiger partial charge on any atom is 0.120 e. The average molecular weight is 258 g/mol. The van der Waals surface area contributed by atoms with Crippen LogP contribution < -0.4 is 0 Å². The first-order chi connectivity index (χ1) is 9.03. The van der Waals surface area contributed by atoms with Crippen LogP contribution in [0.15, 0.2) is 24.3 Å². The van der Waals surface area contributed by atoms with Gasteiger partial charge in [0.05, 0.1) is 0 Å². The summed E-state index contributed by atoms with van der Waals surface area (Å²) in [6, 6.07) is 8.75. The lowest BCUT2D eigenvalue weighted by molar-refractivity contribution is -0.108. The van der Waals surface area contributed by atoms with Gasteiger partial charge in [0, 0.05) is 6.42 Å². The second kappa shape index (κ2) is 5.90. The molecule has 2 unspecified atom stereocenters. The van der Waals surface area contributed by atoms with Crippen LogP contribution >= 0.6 is 0 Å². The summed E-state index contributed by atoms with van der Waals surface area (Å²) in [4.78, 5) is 10.8. The van der Waals surface area contributed by atoms with E-state index in [0.717, 1.165) is 6.29 Å². The number of carbonyl (C=O) groups is 1. The van der Waals surface area contributed by atoms with Crippen LogP contribution in [0, 0.1) is 5.41 Å². The van der Waals surface area contributed by atoms with Crippen molar-refractivity contribution in [3.05, 3.63) is 35.4 Å². The number of hydrogen-bond acceptors (Lipinski definition) is 1. The van der Waals surface area contributed by atoms with Gasteiger partial charge < -0.3 is 4.79 Å². The van der Waals surface area contributed by atoms with Gasteiger partial charge in [0.2, 0.25) is 0 Å². The Morgan fingerprint density at radius 2 is 2.11 bits per heavy atom. The Balaban J connectivity index is 2.26. The van der Waals surface area contributed by atoms with Crippen LogP contribution in [0.25, 0.3) is 0 Å². The van der Waals surface area contributed by atoms with E-state index in [1.165, 1.54) is 36.8 Å². The second-order valence-electron chi connectivity index (χ2n) is 6.89. The second-order valence-corrected chi connectivity index (χ2v) is 6.89. The lowest BCUT2D eigenvalue weighted by Crippen LogP contribution is -2.22. The minimum absolute atomic E-state index is 0.346. The normalized spacial score (nSPS) is 23.8. The molecule has 104 valence electrons. The molecule has 0 heterocycles. The predicted molar refractivity (Wildman–Crippen MR) is 80.5 cm³/mol. The summed E-state index contributed by atoms with van der Waals surface area (Å²) >= 11 is 0. The Morgan fingerprint density at radius 3 is 2.79 bits per heavy atom. The monoisotopic (exact) mass is 258 g/mol. The first-order valence-corrected chi connectivity index (χ1v) is 7.56. The molecule has 1 aliphatic carbocycles. The van der Waals surface area contributed by atoms with E-state index in [4.69, 9.17) is 0 Å². The van der Waals surface area contributed by atoms with Crippen molar-refractivity contribution in [3.8, 4) is 0 Å². The van der Waals surface area contributed by atoms with E-state index in [9.17, 15) is 4.79 Å². The first kappa shape index (κ1) is 14.3. The lowest BCUT2D eigenvalue weighted by Gasteiger charge is -2.36. The highest BCUT2D eigenvalue weighted by Crippen LogP contribution is 2.45. The van der Waals surface area contributed by atoms with Crippen molar-refractivity contribution >= 4 is 6.29 Å². The van der Waals surface area contributed by atoms with Gasteiger partial charge in [-0.25, -0.2) is 0 Å². The molecule has 0 bridgehead atoms. The molecule has 2 rings (SSSR count). The molecule has 1 saturated carbocycles. The summed E-state index contributed by atoms with van der Waals surface area (Å²) in [5, 5.41) is 0. The third-order valence-electron chi connectivity index (χ3n) is 4.62. The molecule has 1 aromatic rings. The van der Waals surface area contributed by atoms with Gasteiger partial charge in [-0.2, -0.15) is 0 Å². The van der Waals surface area contributed by atoms with Crippen LogP contribution in [0.2, 0.25) is 0 Å². The SMILES string of the molecule is CC(CC=O)c1ccccc1C1CCCC(C)(C)C1. The standard InChI is InChI=1S/C18H26O/c1-14(10-12-19)16-8-4-5-9-17(16)15-7-6-11-18(2,3)13-15/h4-5,8-9,12,14-15H,6-7,10-11,13H2,1-3H3. The Hall–Kier alpha value is -1.11. The molecule has 0 amide bonds. The van der Waals surface area contributed by atoms with Gasteiger partial charge in [0.1, 0.15) is 6.29 Å². The Bertz CT molecular complexity index is 433. The highest BCUT2D eigenvalue weighted by Gasteiger charge is 2.30. The van der Waals surface area contributed by atoms with Crippen molar-refractivity contribution in [2.45, 2.75) is 64.7 Å². The molecular formula is C18H26O. The highest BCUT2D eigenvalue weighted by molar-refractivity contribution is 5.52. The minimum Gasteiger partial charge on any atom is -0.303 e. The van der Waals surface area contributed by atoms with Crippen LogP contribution in [0.4, 0.5) is 0 Å². The fraction of sp³-hybridized carbons (Fsp3) is 0.611. The molecule has 0 radical (unpaired) electrons. The molecule has 0 saturated heterocycles. The van der Waals surface area contributed by atoms with Gasteiger partial charge in [-0.15, -0.1) is 0 Å². The summed E-state index contributed by atoms with van der Waals surface area (Å²) in [6.07, 6.45) is 6.93. The molecule has 0 aliphatic heterocycles. The minimum atomic E-state index is 0.346. The summed E-state index contributed by atoms with van der Waals surface area (Å²) < 4.78 is 0. The van der Waals surface area contributed by atoms with Gasteiger partial charge in [-0.05, 0) is 47.6 Å². The Morgan fingerprint density at radius 1 is 1.37 bits per heavy atom. The highest BCUT2D eigenvalue weighted by atomic mass is 16.1. The quantitative estimate of drug-likeness (QED) is 0.690. The van der Waals surface area contributed by atoms with E-state index in [1.54, 1.807) is 0 Å². The smallest absolute Gasteiger partial charge is 0.120 e. The first-order valence-electron chi connectivity index (χ1n) is 7.56. The molecule has 19 heavy (non-hydrogen) atoms. The molecule has 0 N–H and O–H groups in total. The van der Waals surface area contributed by atoms with Crippen LogP contribution in [-0.2, 0) is 4.79 Å². The van der Waals surface area contributed by atoms with E-state index in [2.05, 4.69) is 45.0 Å². The number of hydrogen-bond donors (Lipinski definition) is 0. The van der Waals surface area contributed by atoms with E-state index in [1.807, 2.05) is 0 Å². The van der Waals surface area contributed by atoms with Crippen LogP contribution in [0.3, 0.4) is 0 Å². The van der Waals surface area contributed by atoms with E-state index >= 15 is 0 Å². The van der Waals surface area contributed by atoms with Gasteiger partial charge in [0.15, 0.2) is 0 Å². The maximum absolute atomic E-state index is 10.8. The van der Waals surface area contributed by atoms with Gasteiger partial charge in [0.25, 0.3) is 0 Å². The Labute approximate surface area is 117 Å². The lowest BCUT2D eigenvalue weighted by atomic mass is 9.69. The third-order valence-corrected chi connectivity index (χ3v) is 4.62. The molecule has 1 aromatic carbocycles. The summed E-state index contributed by atoms with van der Waals surface area (Å²) in [7, 11) is 0. The summed E-state index contributed by atoms with van der Waals surface area (Å²) in [5.74, 6) is 1.02. The molecule has 1 nitrogen and oxygen atoms in total. The number of rotatable bonds is 4. The average Bonchev–Trinajstić information content (AvgIpc) is 2.38. The molecule has 0 spiro atoms. The van der Waals surface area contributed by atoms with Crippen LogP contribution in [0.1, 0.15) is 75.8 Å². The zero-order chi connectivity index (χ0) is 13.9. The number of benzene rings is 1. The van der Waals surface area contributed by atoms with Crippen molar-refractivity contribution in [1.29, 1.82) is 0 Å². The van der Waals surface area contributed by atoms with E-state index in [0.29, 0.717) is 23.7 Å². The van der Waals surface area contributed by atoms with E-state index in [-0.39, 0.29) is 0 Å². The van der Waals surface area contributed by atoms with Crippen LogP contribution in [0.5, 0.6) is 0 Å². The van der Waals surface area contributed by atoms with Crippen LogP contribution in [-0.4, -0.2) is 6.29 Å². The van der Waals surface area contributed by atoms with E-state index < -0.39 is 0 Å². The molecule has 1 heteroatoms. The van der Waals surface area contributed by atoms with Crippen molar-refractivity contribution < 1.29 is 4.79 Å². The molecule has 1 aliphatic rings. The van der Waals surface area contributed by atoms with Gasteiger partial charge >= 0.3 is 0 Å². The number of aldehydes is 1. The zero-order valence-corrected chi connectivity index (χ0v) is 12.5. The third kappa shape index (κ3) is 3.46. The summed E-state index contributed by atoms with van der Waals surface area (Å²) in [6.45, 7) is 6.94. The van der Waals surface area contributed by atoms with Gasteiger partial charge in [-0.1, -0.05) is 51.5 Å². The molecule has 0 aromatic heterocycles. The van der Waals surface area contributed by atoms with Crippen molar-refractivity contribution in [2.75, 3.05) is 0 Å². The fourth-order valence-electron chi connectivity index (χ4n) is 3.57. The fourth-order valence-corrected chi connectivity index (χ4v) is 3.57. The van der Waals surface area contributed by atoms with Crippen molar-refractivity contribution in [2.24, 2.45) is 5.41 Å².